The van der Waals surface area contributed by atoms with Crippen molar-refractivity contribution in [2.75, 3.05) is 19.0 Å². The third kappa shape index (κ3) is 5.11. The van der Waals surface area contributed by atoms with Gasteiger partial charge in [-0.2, -0.15) is 5.10 Å². The molecule has 1 aliphatic carbocycles. The van der Waals surface area contributed by atoms with Crippen molar-refractivity contribution >= 4 is 28.4 Å². The van der Waals surface area contributed by atoms with Crippen LogP contribution in [0, 0.1) is 6.92 Å². The molecule has 1 aromatic carbocycles. The molecule has 0 spiro atoms. The average Bonchev–Trinajstić information content (AvgIpc) is 3.45. The van der Waals surface area contributed by atoms with Crippen LogP contribution in [0.2, 0.25) is 0 Å². The van der Waals surface area contributed by atoms with Gasteiger partial charge in [0, 0.05) is 35.8 Å². The zero-order valence-corrected chi connectivity index (χ0v) is 18.4. The Hall–Kier alpha value is -3.33. The second kappa shape index (κ2) is 9.86. The van der Waals surface area contributed by atoms with Crippen molar-refractivity contribution in [1.82, 2.24) is 15.2 Å². The smallest absolute Gasteiger partial charge is 0.323 e. The number of benzene rings is 1. The van der Waals surface area contributed by atoms with Crippen LogP contribution in [0.1, 0.15) is 37.8 Å². The molecule has 1 saturated carbocycles. The van der Waals surface area contributed by atoms with Gasteiger partial charge in [0.2, 0.25) is 0 Å². The Balaban J connectivity index is 1.42. The van der Waals surface area contributed by atoms with E-state index in [1.165, 1.54) is 0 Å². The summed E-state index contributed by atoms with van der Waals surface area (Å²) < 4.78 is 16.9. The summed E-state index contributed by atoms with van der Waals surface area (Å²) in [4.78, 5) is 16.6. The van der Waals surface area contributed by atoms with Gasteiger partial charge < -0.3 is 25.3 Å². The van der Waals surface area contributed by atoms with E-state index in [1.807, 2.05) is 31.2 Å². The number of H-pyrrole nitrogens is 1. The Kier molecular flexibility index (Phi) is 6.75. The van der Waals surface area contributed by atoms with Crippen molar-refractivity contribution < 1.29 is 19.0 Å². The number of aromatic nitrogens is 3. The van der Waals surface area contributed by atoms with Gasteiger partial charge in [-0.15, -0.1) is 0 Å². The van der Waals surface area contributed by atoms with Crippen LogP contribution in [0.3, 0.4) is 0 Å². The van der Waals surface area contributed by atoms with Crippen molar-refractivity contribution in [2.24, 2.45) is 5.73 Å². The lowest BCUT2D eigenvalue weighted by molar-refractivity contribution is -0.150. The summed E-state index contributed by atoms with van der Waals surface area (Å²) in [5.74, 6) is 1.45. The second-order valence-electron chi connectivity index (χ2n) is 8.03. The van der Waals surface area contributed by atoms with E-state index in [9.17, 15) is 4.79 Å². The number of carbonyl (C=O) groups is 1. The summed E-state index contributed by atoms with van der Waals surface area (Å²) in [5.41, 5.74) is 8.55. The Bertz CT molecular complexity index is 1080. The summed E-state index contributed by atoms with van der Waals surface area (Å²) in [5, 5.41) is 11.3. The highest BCUT2D eigenvalue weighted by Crippen LogP contribution is 2.35. The lowest BCUT2D eigenvalue weighted by atomic mass is 10.1. The van der Waals surface area contributed by atoms with Gasteiger partial charge in [-0.05, 0) is 44.7 Å². The number of hydrogen-bond acceptors (Lipinski definition) is 8. The fourth-order valence-electron chi connectivity index (χ4n) is 3.83. The van der Waals surface area contributed by atoms with Crippen molar-refractivity contribution in [3.8, 4) is 11.5 Å². The highest BCUT2D eigenvalue weighted by Gasteiger charge is 2.23. The molecule has 1 atom stereocenters. The molecule has 2 heterocycles. The fourth-order valence-corrected chi connectivity index (χ4v) is 3.83. The van der Waals surface area contributed by atoms with Gasteiger partial charge in [-0.1, -0.05) is 0 Å². The maximum Gasteiger partial charge on any atom is 0.323 e. The van der Waals surface area contributed by atoms with E-state index >= 15 is 0 Å². The topological polar surface area (TPSA) is 124 Å². The van der Waals surface area contributed by atoms with E-state index in [4.69, 9.17) is 19.9 Å². The lowest BCUT2D eigenvalue weighted by Crippen LogP contribution is -2.35. The third-order valence-electron chi connectivity index (χ3n) is 5.57. The minimum Gasteiger partial charge on any atom is -0.493 e. The van der Waals surface area contributed by atoms with Crippen molar-refractivity contribution in [3.63, 3.8) is 0 Å². The number of esters is 1. The molecule has 0 radical (unpaired) electrons. The highest BCUT2D eigenvalue weighted by atomic mass is 16.5. The highest BCUT2D eigenvalue weighted by molar-refractivity contribution is 5.94. The number of methoxy groups -OCH3 is 1. The van der Waals surface area contributed by atoms with Crippen LogP contribution in [0.15, 0.2) is 30.5 Å². The number of fused-ring (bicyclic) bond motifs is 1. The van der Waals surface area contributed by atoms with Crippen LogP contribution >= 0.6 is 0 Å². The van der Waals surface area contributed by atoms with Crippen molar-refractivity contribution in [3.05, 3.63) is 36.2 Å². The molecule has 9 nitrogen and oxygen atoms in total. The molecule has 32 heavy (non-hydrogen) atoms. The minimum atomic E-state index is -0.715. The molecule has 0 amide bonds. The Morgan fingerprint density at radius 3 is 2.81 bits per heavy atom. The predicted molar refractivity (Wildman–Crippen MR) is 121 cm³/mol. The number of hydrogen-bond donors (Lipinski definition) is 3. The molecule has 1 aliphatic rings. The number of aromatic amines is 1. The van der Waals surface area contributed by atoms with E-state index in [0.29, 0.717) is 23.7 Å². The van der Waals surface area contributed by atoms with Gasteiger partial charge in [-0.25, -0.2) is 0 Å². The van der Waals surface area contributed by atoms with Crippen molar-refractivity contribution in [2.45, 2.75) is 51.2 Å². The first-order valence-electron chi connectivity index (χ1n) is 10.9. The number of carbonyl (C=O) groups excluding carboxylic acids is 1. The maximum atomic E-state index is 12.2. The summed E-state index contributed by atoms with van der Waals surface area (Å²) >= 11 is 0. The molecule has 1 unspecified atom stereocenters. The number of nitrogens with two attached hydrogens (primary N) is 1. The first-order chi connectivity index (χ1) is 15.5. The first kappa shape index (κ1) is 21.9. The quantitative estimate of drug-likeness (QED) is 0.432. The van der Waals surface area contributed by atoms with Gasteiger partial charge in [0.1, 0.15) is 12.1 Å². The SMILES string of the molecule is COc1cc2c(Nc3cc(C)[nH]n3)ccnc2cc1OCCC(N)C(=O)OC1CCCC1. The number of aryl methyl sites for hydroxylation is 1. The summed E-state index contributed by atoms with van der Waals surface area (Å²) in [7, 11) is 1.58. The number of anilines is 2. The Morgan fingerprint density at radius 2 is 2.09 bits per heavy atom. The number of pyridine rings is 1. The van der Waals surface area contributed by atoms with E-state index < -0.39 is 6.04 Å². The molecular weight excluding hydrogens is 410 g/mol. The number of nitrogens with one attached hydrogen (secondary N) is 2. The summed E-state index contributed by atoms with van der Waals surface area (Å²) in [6.07, 6.45) is 6.12. The van der Waals surface area contributed by atoms with Crippen LogP contribution in [0.25, 0.3) is 10.9 Å². The van der Waals surface area contributed by atoms with Gasteiger partial charge >= 0.3 is 5.97 Å². The molecule has 4 rings (SSSR count). The van der Waals surface area contributed by atoms with E-state index in [-0.39, 0.29) is 18.7 Å². The van der Waals surface area contributed by atoms with Crippen LogP contribution in [-0.4, -0.2) is 47.0 Å². The normalized spacial score (nSPS) is 15.0. The second-order valence-corrected chi connectivity index (χ2v) is 8.03. The number of ether oxygens (including phenoxy) is 3. The number of rotatable bonds is 9. The van der Waals surface area contributed by atoms with Crippen molar-refractivity contribution in [1.29, 1.82) is 0 Å². The molecule has 0 bridgehead atoms. The van der Waals surface area contributed by atoms with Crippen LogP contribution in [-0.2, 0) is 9.53 Å². The maximum absolute atomic E-state index is 12.2. The fraction of sp³-hybridized carbons (Fsp3) is 0.435. The zero-order valence-electron chi connectivity index (χ0n) is 18.4. The van der Waals surface area contributed by atoms with E-state index in [2.05, 4.69) is 20.5 Å². The van der Waals surface area contributed by atoms with E-state index in [1.54, 1.807) is 13.3 Å². The largest absolute Gasteiger partial charge is 0.493 e. The molecule has 170 valence electrons. The van der Waals surface area contributed by atoms with Crippen LogP contribution in [0.5, 0.6) is 11.5 Å². The molecular formula is C23H29N5O4. The standard InChI is InChI=1S/C23H29N5O4/c1-14-11-22(28-27-14)26-18-7-9-25-19-13-21(20(30-2)12-16(18)19)31-10-8-17(24)23(29)32-15-5-3-4-6-15/h7,9,11-13,15,17H,3-6,8,10,24H2,1-2H3,(H2,25,26,27,28). The van der Waals surface area contributed by atoms with Crippen LogP contribution in [0.4, 0.5) is 11.5 Å². The molecule has 0 saturated heterocycles. The van der Waals surface area contributed by atoms with Gasteiger partial charge in [0.15, 0.2) is 17.3 Å². The molecule has 2 aromatic heterocycles. The molecule has 0 aliphatic heterocycles. The van der Waals surface area contributed by atoms with E-state index in [0.717, 1.165) is 48.0 Å². The molecule has 9 heteroatoms. The Labute approximate surface area is 186 Å². The summed E-state index contributed by atoms with van der Waals surface area (Å²) in [6.45, 7) is 2.20. The monoisotopic (exact) mass is 439 g/mol. The third-order valence-corrected chi connectivity index (χ3v) is 5.57. The van der Waals surface area contributed by atoms with Gasteiger partial charge in [-0.3, -0.25) is 14.9 Å². The average molecular weight is 440 g/mol. The minimum absolute atomic E-state index is 0.00862. The first-order valence-corrected chi connectivity index (χ1v) is 10.9. The Morgan fingerprint density at radius 1 is 1.28 bits per heavy atom. The molecule has 4 N–H and O–H groups in total. The summed E-state index contributed by atoms with van der Waals surface area (Å²) in [6, 6.07) is 6.77. The van der Waals surface area contributed by atoms with Crippen LogP contribution < -0.4 is 20.5 Å². The van der Waals surface area contributed by atoms with Gasteiger partial charge in [0.05, 0.1) is 24.9 Å². The zero-order chi connectivity index (χ0) is 22.5. The molecule has 1 fully saturated rings. The van der Waals surface area contributed by atoms with Gasteiger partial charge in [0.25, 0.3) is 0 Å². The predicted octanol–water partition coefficient (Wildman–Crippen LogP) is 3.60. The molecule has 3 aromatic rings. The number of nitrogens with zero attached hydrogens (tertiary/aromatic N) is 2. The lowest BCUT2D eigenvalue weighted by Gasteiger charge is -2.17.